The Bertz CT molecular complexity index is 1640. The number of hydrazone groups is 1. The van der Waals surface area contributed by atoms with Crippen molar-refractivity contribution in [3.05, 3.63) is 137 Å². The molecular weight excluding hydrogens is 488 g/mol. The molecule has 6 heteroatoms. The summed E-state index contributed by atoms with van der Waals surface area (Å²) < 4.78 is 5.30. The number of nitrogens with zero attached hydrogens (tertiary/aromatic N) is 2. The summed E-state index contributed by atoms with van der Waals surface area (Å²) >= 11 is 0. The Morgan fingerprint density at radius 2 is 1.41 bits per heavy atom. The second-order valence-electron chi connectivity index (χ2n) is 10.2. The third-order valence-electron chi connectivity index (χ3n) is 8.38. The Kier molecular flexibility index (Phi) is 5.13. The van der Waals surface area contributed by atoms with Gasteiger partial charge in [-0.2, -0.15) is 5.10 Å². The number of hydrogen-bond donors (Lipinski definition) is 0. The van der Waals surface area contributed by atoms with Crippen LogP contribution in [0, 0.1) is 5.41 Å². The molecule has 3 aliphatic rings. The molecule has 4 aromatic rings. The first-order valence-corrected chi connectivity index (χ1v) is 12.9. The van der Waals surface area contributed by atoms with Crippen LogP contribution >= 0.6 is 0 Å². The van der Waals surface area contributed by atoms with Gasteiger partial charge in [0.15, 0.2) is 17.3 Å². The van der Waals surface area contributed by atoms with Crippen LogP contribution in [0.3, 0.4) is 0 Å². The first-order valence-electron chi connectivity index (χ1n) is 12.9. The minimum atomic E-state index is -1.56. The molecule has 0 N–H and O–H groups in total. The molecule has 2 heterocycles. The average Bonchev–Trinajstić information content (AvgIpc) is 3.43. The number of benzene rings is 4. The third kappa shape index (κ3) is 3.08. The number of carbonyl (C=O) groups excluding carboxylic acids is 3. The zero-order valence-corrected chi connectivity index (χ0v) is 21.2. The van der Waals surface area contributed by atoms with E-state index in [9.17, 15) is 14.4 Å². The van der Waals surface area contributed by atoms with Crippen LogP contribution in [-0.2, 0) is 0 Å². The Morgan fingerprint density at radius 1 is 0.795 bits per heavy atom. The quantitative estimate of drug-likeness (QED) is 0.267. The van der Waals surface area contributed by atoms with E-state index < -0.39 is 23.4 Å². The fourth-order valence-corrected chi connectivity index (χ4v) is 6.74. The number of ether oxygens (including phenoxy) is 1. The Morgan fingerprint density at radius 3 is 2.08 bits per heavy atom. The van der Waals surface area contributed by atoms with E-state index in [0.717, 1.165) is 16.7 Å². The molecule has 0 aromatic heterocycles. The largest absolute Gasteiger partial charge is 0.497 e. The van der Waals surface area contributed by atoms with Crippen molar-refractivity contribution in [1.29, 1.82) is 0 Å². The molecule has 39 heavy (non-hydrogen) atoms. The van der Waals surface area contributed by atoms with Crippen LogP contribution in [0.25, 0.3) is 0 Å². The maximum absolute atomic E-state index is 14.6. The molecule has 4 aromatic carbocycles. The van der Waals surface area contributed by atoms with E-state index >= 15 is 0 Å². The van der Waals surface area contributed by atoms with Crippen LogP contribution in [0.15, 0.2) is 108 Å². The predicted molar refractivity (Wildman–Crippen MR) is 146 cm³/mol. The molecule has 2 aliphatic heterocycles. The number of methoxy groups -OCH3 is 1. The molecule has 1 saturated heterocycles. The molecule has 1 spiro atoms. The zero-order chi connectivity index (χ0) is 26.7. The van der Waals surface area contributed by atoms with Crippen LogP contribution in [0.4, 0.5) is 0 Å². The lowest BCUT2D eigenvalue weighted by atomic mass is 9.63. The zero-order valence-electron chi connectivity index (χ0n) is 21.2. The average molecular weight is 513 g/mol. The topological polar surface area (TPSA) is 76.0 Å². The second-order valence-corrected chi connectivity index (χ2v) is 10.2. The molecule has 0 radical (unpaired) electrons. The van der Waals surface area contributed by atoms with Gasteiger partial charge >= 0.3 is 0 Å². The SMILES string of the molecule is COc1ccc(C(=O)[C@@H]2[C@H](c3ccccc3)C3(C(=O)c4ccccc4C3=O)[C@H]3c4ccccc4C=NN23)cc1. The van der Waals surface area contributed by atoms with Gasteiger partial charge < -0.3 is 4.74 Å². The number of Topliss-reactive ketones (excluding diaryl/α,β-unsaturated/α-hetero) is 3. The smallest absolute Gasteiger partial charge is 0.187 e. The highest BCUT2D eigenvalue weighted by atomic mass is 16.5. The Labute approximate surface area is 225 Å². The van der Waals surface area contributed by atoms with Crippen LogP contribution < -0.4 is 4.74 Å². The molecule has 0 saturated carbocycles. The van der Waals surface area contributed by atoms with Crippen LogP contribution in [0.5, 0.6) is 5.75 Å². The summed E-state index contributed by atoms with van der Waals surface area (Å²) in [5.41, 5.74) is 2.09. The Balaban J connectivity index is 1.52. The van der Waals surface area contributed by atoms with E-state index in [1.807, 2.05) is 54.6 Å². The summed E-state index contributed by atoms with van der Waals surface area (Å²) in [6, 6.07) is 29.4. The number of fused-ring (bicyclic) bond motifs is 5. The van der Waals surface area contributed by atoms with Crippen LogP contribution in [-0.4, -0.2) is 41.7 Å². The van der Waals surface area contributed by atoms with Gasteiger partial charge in [0, 0.05) is 22.6 Å². The summed E-state index contributed by atoms with van der Waals surface area (Å²) in [4.78, 5) is 43.7. The van der Waals surface area contributed by atoms with E-state index in [4.69, 9.17) is 9.84 Å². The predicted octanol–water partition coefficient (Wildman–Crippen LogP) is 5.50. The van der Waals surface area contributed by atoms with Crippen molar-refractivity contribution < 1.29 is 19.1 Å². The van der Waals surface area contributed by atoms with Crippen molar-refractivity contribution in [3.63, 3.8) is 0 Å². The van der Waals surface area contributed by atoms with Gasteiger partial charge in [-0.05, 0) is 41.0 Å². The summed E-state index contributed by atoms with van der Waals surface area (Å²) in [5, 5.41) is 6.50. The van der Waals surface area contributed by atoms with Gasteiger partial charge in [0.2, 0.25) is 0 Å². The standard InChI is InChI=1S/C33H24N2O4/c1-39-23-17-15-21(16-18-23)29(36)28-27(20-9-3-2-4-10-20)33(31(37)25-13-7-8-14-26(25)32(33)38)30-24-12-6-5-11-22(24)19-34-35(28)30/h2-19,27-28,30H,1H3/t27-,28-,30+/m0/s1. The van der Waals surface area contributed by atoms with Gasteiger partial charge in [0.25, 0.3) is 0 Å². The second kappa shape index (κ2) is 8.60. The van der Waals surface area contributed by atoms with Gasteiger partial charge in [-0.15, -0.1) is 0 Å². The van der Waals surface area contributed by atoms with E-state index in [2.05, 4.69) is 0 Å². The fraction of sp³-hybridized carbons (Fsp3) is 0.152. The Hall–Kier alpha value is -4.84. The van der Waals surface area contributed by atoms with Crippen molar-refractivity contribution >= 4 is 23.6 Å². The number of rotatable bonds is 4. The van der Waals surface area contributed by atoms with Gasteiger partial charge in [-0.3, -0.25) is 19.4 Å². The molecule has 7 rings (SSSR count). The highest BCUT2D eigenvalue weighted by molar-refractivity contribution is 6.31. The highest BCUT2D eigenvalue weighted by Crippen LogP contribution is 2.64. The maximum atomic E-state index is 14.6. The molecule has 0 unspecified atom stereocenters. The number of hydrogen-bond acceptors (Lipinski definition) is 6. The molecule has 190 valence electrons. The van der Waals surface area contributed by atoms with Gasteiger partial charge in [-0.1, -0.05) is 78.9 Å². The van der Waals surface area contributed by atoms with Gasteiger partial charge in [-0.25, -0.2) is 0 Å². The maximum Gasteiger partial charge on any atom is 0.187 e. The van der Waals surface area contributed by atoms with Crippen LogP contribution in [0.2, 0.25) is 0 Å². The minimum absolute atomic E-state index is 0.207. The normalized spacial score (nSPS) is 22.0. The van der Waals surface area contributed by atoms with E-state index in [-0.39, 0.29) is 17.3 Å². The highest BCUT2D eigenvalue weighted by Gasteiger charge is 2.72. The van der Waals surface area contributed by atoms with E-state index in [1.165, 1.54) is 0 Å². The molecular formula is C33H24N2O4. The monoisotopic (exact) mass is 512 g/mol. The van der Waals surface area contributed by atoms with Crippen molar-refractivity contribution in [1.82, 2.24) is 5.01 Å². The first kappa shape index (κ1) is 23.3. The lowest BCUT2D eigenvalue weighted by Crippen LogP contribution is -2.43. The van der Waals surface area contributed by atoms with E-state index in [1.54, 1.807) is 66.9 Å². The van der Waals surface area contributed by atoms with Crippen molar-refractivity contribution in [3.8, 4) is 5.75 Å². The molecule has 1 fully saturated rings. The summed E-state index contributed by atoms with van der Waals surface area (Å²) in [6.07, 6.45) is 1.72. The van der Waals surface area contributed by atoms with Crippen molar-refractivity contribution in [2.45, 2.75) is 18.0 Å². The minimum Gasteiger partial charge on any atom is -0.497 e. The first-order chi connectivity index (χ1) is 19.1. The number of ketones is 3. The molecule has 1 aliphatic carbocycles. The molecule has 0 bridgehead atoms. The summed E-state index contributed by atoms with van der Waals surface area (Å²) in [7, 11) is 1.57. The third-order valence-corrected chi connectivity index (χ3v) is 8.38. The summed E-state index contributed by atoms with van der Waals surface area (Å²) in [6.45, 7) is 0. The number of carbonyl (C=O) groups is 3. The van der Waals surface area contributed by atoms with Crippen LogP contribution in [0.1, 0.15) is 59.7 Å². The van der Waals surface area contributed by atoms with Gasteiger partial charge in [0.1, 0.15) is 17.2 Å². The fourth-order valence-electron chi connectivity index (χ4n) is 6.74. The molecule has 6 nitrogen and oxygen atoms in total. The van der Waals surface area contributed by atoms with Gasteiger partial charge in [0.05, 0.1) is 19.4 Å². The lowest BCUT2D eigenvalue weighted by Gasteiger charge is -2.36. The molecule has 3 atom stereocenters. The molecule has 0 amide bonds. The lowest BCUT2D eigenvalue weighted by molar-refractivity contribution is 0.0586. The van der Waals surface area contributed by atoms with Crippen molar-refractivity contribution in [2.24, 2.45) is 10.5 Å². The summed E-state index contributed by atoms with van der Waals surface area (Å²) in [5.74, 6) is -0.864. The van der Waals surface area contributed by atoms with E-state index in [0.29, 0.717) is 22.4 Å². The van der Waals surface area contributed by atoms with Crippen molar-refractivity contribution in [2.75, 3.05) is 7.11 Å².